The van der Waals surface area contributed by atoms with E-state index in [1.807, 2.05) is 23.7 Å². The van der Waals surface area contributed by atoms with Crippen molar-refractivity contribution in [1.29, 1.82) is 0 Å². The summed E-state index contributed by atoms with van der Waals surface area (Å²) in [4.78, 5) is 15.4. The number of nitrogens with zero attached hydrogens (tertiary/aromatic N) is 3. The lowest BCUT2D eigenvalue weighted by atomic mass is 10.1. The van der Waals surface area contributed by atoms with Crippen molar-refractivity contribution < 1.29 is 4.79 Å². The molecule has 0 aromatic carbocycles. The van der Waals surface area contributed by atoms with Crippen LogP contribution < -0.4 is 5.32 Å². The molecular weight excluding hydrogens is 228 g/mol. The minimum absolute atomic E-state index is 0.0391. The normalized spacial score (nSPS) is 22.1. The molecule has 1 N–H and O–H groups in total. The molecule has 2 aromatic rings. The Morgan fingerprint density at radius 2 is 2.44 bits per heavy atom. The van der Waals surface area contributed by atoms with Crippen molar-refractivity contribution in [1.82, 2.24) is 19.9 Å². The summed E-state index contributed by atoms with van der Waals surface area (Å²) in [6.07, 6.45) is 3.04. The molecule has 0 saturated heterocycles. The van der Waals surface area contributed by atoms with Gasteiger partial charge in [0, 0.05) is 25.2 Å². The summed E-state index contributed by atoms with van der Waals surface area (Å²) in [5, 5.41) is 7.20. The standard InChI is InChI=1S/C13H16N4O/c1-8-15-13-11(4-3-5-17(13)16-8)12-6-10(12)7-14-9(2)18/h3-5,10,12H,6-7H2,1-2H3,(H,14,18). The second kappa shape index (κ2) is 4.08. The first kappa shape index (κ1) is 11.2. The van der Waals surface area contributed by atoms with E-state index >= 15 is 0 Å². The lowest BCUT2D eigenvalue weighted by Gasteiger charge is -2.03. The predicted octanol–water partition coefficient (Wildman–Crippen LogP) is 1.28. The Morgan fingerprint density at radius 1 is 1.61 bits per heavy atom. The van der Waals surface area contributed by atoms with Gasteiger partial charge in [0.05, 0.1) is 0 Å². The molecular formula is C13H16N4O. The number of hydrogen-bond acceptors (Lipinski definition) is 3. The number of aromatic nitrogens is 3. The molecule has 3 rings (SSSR count). The van der Waals surface area contributed by atoms with Crippen LogP contribution in [0.4, 0.5) is 0 Å². The van der Waals surface area contributed by atoms with E-state index in [0.29, 0.717) is 11.8 Å². The summed E-state index contributed by atoms with van der Waals surface area (Å²) >= 11 is 0. The quantitative estimate of drug-likeness (QED) is 0.884. The summed E-state index contributed by atoms with van der Waals surface area (Å²) in [6, 6.07) is 4.12. The van der Waals surface area contributed by atoms with Gasteiger partial charge in [-0.3, -0.25) is 4.79 Å². The van der Waals surface area contributed by atoms with Crippen LogP contribution >= 0.6 is 0 Å². The summed E-state index contributed by atoms with van der Waals surface area (Å²) in [5.41, 5.74) is 2.19. The van der Waals surface area contributed by atoms with E-state index in [1.165, 1.54) is 5.56 Å². The zero-order chi connectivity index (χ0) is 12.7. The number of carbonyl (C=O) groups is 1. The van der Waals surface area contributed by atoms with Gasteiger partial charge in [0.25, 0.3) is 0 Å². The zero-order valence-corrected chi connectivity index (χ0v) is 10.6. The van der Waals surface area contributed by atoms with Gasteiger partial charge in [-0.1, -0.05) is 6.07 Å². The smallest absolute Gasteiger partial charge is 0.216 e. The Labute approximate surface area is 105 Å². The van der Waals surface area contributed by atoms with Crippen molar-refractivity contribution in [2.75, 3.05) is 6.54 Å². The van der Waals surface area contributed by atoms with Crippen LogP contribution in [-0.2, 0) is 4.79 Å². The largest absolute Gasteiger partial charge is 0.356 e. The average molecular weight is 244 g/mol. The van der Waals surface area contributed by atoms with Gasteiger partial charge in [-0.25, -0.2) is 9.50 Å². The fraction of sp³-hybridized carbons (Fsp3) is 0.462. The number of pyridine rings is 1. The Bertz CT molecular complexity index is 604. The molecule has 0 radical (unpaired) electrons. The highest BCUT2D eigenvalue weighted by Crippen LogP contribution is 2.47. The molecule has 2 unspecified atom stereocenters. The predicted molar refractivity (Wildman–Crippen MR) is 67.3 cm³/mol. The van der Waals surface area contributed by atoms with Gasteiger partial charge in [0.15, 0.2) is 5.65 Å². The van der Waals surface area contributed by atoms with E-state index in [1.54, 1.807) is 6.92 Å². The van der Waals surface area contributed by atoms with Crippen molar-refractivity contribution in [3.8, 4) is 0 Å². The highest BCUT2D eigenvalue weighted by Gasteiger charge is 2.39. The van der Waals surface area contributed by atoms with Gasteiger partial charge >= 0.3 is 0 Å². The molecule has 94 valence electrons. The highest BCUT2D eigenvalue weighted by molar-refractivity contribution is 5.72. The highest BCUT2D eigenvalue weighted by atomic mass is 16.1. The van der Waals surface area contributed by atoms with Crippen molar-refractivity contribution in [3.63, 3.8) is 0 Å². The third-order valence-electron chi connectivity index (χ3n) is 3.43. The third-order valence-corrected chi connectivity index (χ3v) is 3.43. The van der Waals surface area contributed by atoms with E-state index in [9.17, 15) is 4.79 Å². The minimum Gasteiger partial charge on any atom is -0.356 e. The molecule has 1 saturated carbocycles. The first-order chi connectivity index (χ1) is 8.65. The second-order valence-electron chi connectivity index (χ2n) is 4.93. The lowest BCUT2D eigenvalue weighted by Crippen LogP contribution is -2.22. The summed E-state index contributed by atoms with van der Waals surface area (Å²) < 4.78 is 1.83. The topological polar surface area (TPSA) is 59.3 Å². The molecule has 2 aromatic heterocycles. The molecule has 2 heterocycles. The Morgan fingerprint density at radius 3 is 3.22 bits per heavy atom. The second-order valence-corrected chi connectivity index (χ2v) is 4.93. The van der Waals surface area contributed by atoms with Crippen LogP contribution in [0.25, 0.3) is 5.65 Å². The number of fused-ring (bicyclic) bond motifs is 1. The van der Waals surface area contributed by atoms with Crippen molar-refractivity contribution >= 4 is 11.6 Å². The zero-order valence-electron chi connectivity index (χ0n) is 10.6. The van der Waals surface area contributed by atoms with Crippen LogP contribution in [-0.4, -0.2) is 27.0 Å². The number of hydrogen-bond donors (Lipinski definition) is 1. The Balaban J connectivity index is 1.81. The van der Waals surface area contributed by atoms with Gasteiger partial charge in [0.1, 0.15) is 5.82 Å². The van der Waals surface area contributed by atoms with Gasteiger partial charge < -0.3 is 5.32 Å². The summed E-state index contributed by atoms with van der Waals surface area (Å²) in [7, 11) is 0. The van der Waals surface area contributed by atoms with Crippen LogP contribution in [0.15, 0.2) is 18.3 Å². The fourth-order valence-corrected chi connectivity index (χ4v) is 2.45. The average Bonchev–Trinajstić information content (AvgIpc) is 2.98. The SMILES string of the molecule is CC(=O)NCC1CC1c1cccn2nc(C)nc12. The van der Waals surface area contributed by atoms with E-state index in [4.69, 9.17) is 0 Å². The van der Waals surface area contributed by atoms with Gasteiger partial charge in [-0.15, -0.1) is 0 Å². The number of amides is 1. The van der Waals surface area contributed by atoms with Crippen molar-refractivity contribution in [2.24, 2.45) is 5.92 Å². The third kappa shape index (κ3) is 1.96. The summed E-state index contributed by atoms with van der Waals surface area (Å²) in [6.45, 7) is 4.21. The maximum Gasteiger partial charge on any atom is 0.216 e. The van der Waals surface area contributed by atoms with E-state index in [2.05, 4.69) is 21.5 Å². The number of carbonyl (C=O) groups excluding carboxylic acids is 1. The molecule has 0 bridgehead atoms. The molecule has 1 aliphatic carbocycles. The summed E-state index contributed by atoms with van der Waals surface area (Å²) in [5.74, 6) is 1.87. The minimum atomic E-state index is 0.0391. The van der Waals surface area contributed by atoms with E-state index in [0.717, 1.165) is 24.4 Å². The van der Waals surface area contributed by atoms with E-state index in [-0.39, 0.29) is 5.91 Å². The van der Waals surface area contributed by atoms with Crippen LogP contribution in [0, 0.1) is 12.8 Å². The van der Waals surface area contributed by atoms with Crippen LogP contribution in [0.1, 0.15) is 30.7 Å². The maximum absolute atomic E-state index is 10.9. The molecule has 1 aliphatic rings. The van der Waals surface area contributed by atoms with E-state index < -0.39 is 0 Å². The number of rotatable bonds is 3. The monoisotopic (exact) mass is 244 g/mol. The first-order valence-corrected chi connectivity index (χ1v) is 6.21. The molecule has 0 spiro atoms. The lowest BCUT2D eigenvalue weighted by molar-refractivity contribution is -0.119. The molecule has 2 atom stereocenters. The van der Waals surface area contributed by atoms with Crippen LogP contribution in [0.5, 0.6) is 0 Å². The van der Waals surface area contributed by atoms with Crippen molar-refractivity contribution in [2.45, 2.75) is 26.2 Å². The molecule has 5 heteroatoms. The first-order valence-electron chi connectivity index (χ1n) is 6.21. The number of aryl methyl sites for hydroxylation is 1. The van der Waals surface area contributed by atoms with Gasteiger partial charge in [0.2, 0.25) is 5.91 Å². The molecule has 1 amide bonds. The Kier molecular flexibility index (Phi) is 2.54. The molecule has 0 aliphatic heterocycles. The van der Waals surface area contributed by atoms with Crippen LogP contribution in [0.3, 0.4) is 0 Å². The van der Waals surface area contributed by atoms with Crippen molar-refractivity contribution in [3.05, 3.63) is 29.7 Å². The Hall–Kier alpha value is -1.91. The van der Waals surface area contributed by atoms with Gasteiger partial charge in [-0.05, 0) is 31.2 Å². The maximum atomic E-state index is 10.9. The fourth-order valence-electron chi connectivity index (χ4n) is 2.45. The molecule has 1 fully saturated rings. The number of nitrogens with one attached hydrogen (secondary N) is 1. The molecule has 5 nitrogen and oxygen atoms in total. The molecule has 18 heavy (non-hydrogen) atoms. The van der Waals surface area contributed by atoms with Gasteiger partial charge in [-0.2, -0.15) is 5.10 Å². The van der Waals surface area contributed by atoms with Crippen LogP contribution in [0.2, 0.25) is 0 Å².